The topological polar surface area (TPSA) is 9.23 Å². The summed E-state index contributed by atoms with van der Waals surface area (Å²) in [6.45, 7) is 0. The largest absolute Gasteiger partial charge is 0.360 e. The van der Waals surface area contributed by atoms with E-state index in [1.54, 1.807) is 11.8 Å². The average molecular weight is 171 g/mol. The lowest BCUT2D eigenvalue weighted by Gasteiger charge is -1.90. The lowest BCUT2D eigenvalue weighted by Crippen LogP contribution is -1.81. The minimum atomic E-state index is 0.647. The molecule has 1 nitrogen and oxygen atoms in total. The van der Waals surface area contributed by atoms with Crippen LogP contribution in [0.25, 0.3) is 0 Å². The molecule has 0 aliphatic carbocycles. The van der Waals surface area contributed by atoms with E-state index < -0.39 is 0 Å². The number of halogens is 1. The van der Waals surface area contributed by atoms with E-state index in [0.717, 1.165) is 5.94 Å². The zero-order valence-corrected chi connectivity index (χ0v) is 6.01. The van der Waals surface area contributed by atoms with Crippen molar-refractivity contribution in [2.45, 2.75) is 0 Å². The molecule has 0 rings (SSSR count). The molecule has 0 N–H and O–H groups in total. The number of alkyl halides is 1. The molecule has 0 fully saturated rings. The van der Waals surface area contributed by atoms with Crippen LogP contribution < -0.4 is 0 Å². The van der Waals surface area contributed by atoms with Crippen molar-refractivity contribution in [1.82, 2.24) is 0 Å². The molecule has 0 radical (unpaired) electrons. The number of thioether (sulfide) groups is 1. The Labute approximate surface area is 50.6 Å². The second kappa shape index (κ2) is 5.79. The molecule has 0 aromatic carbocycles. The van der Waals surface area contributed by atoms with Crippen molar-refractivity contribution in [3.05, 3.63) is 0 Å². The molecule has 0 heterocycles. The first kappa shape index (κ1) is 6.79. The van der Waals surface area contributed by atoms with Gasteiger partial charge in [0.1, 0.15) is 5.52 Å². The Hall–Kier alpha value is 0.790. The molecule has 3 heteroatoms. The van der Waals surface area contributed by atoms with Gasteiger partial charge in [0.25, 0.3) is 0 Å². The minimum Gasteiger partial charge on any atom is -0.360 e. The van der Waals surface area contributed by atoms with Crippen LogP contribution in [0, 0.1) is 0 Å². The van der Waals surface area contributed by atoms with Gasteiger partial charge in [0, 0.05) is 0 Å². The van der Waals surface area contributed by atoms with Gasteiger partial charge < -0.3 is 4.74 Å². The van der Waals surface area contributed by atoms with Crippen LogP contribution >= 0.6 is 27.7 Å². The summed E-state index contributed by atoms with van der Waals surface area (Å²) in [5, 5.41) is 0. The molecule has 0 aromatic rings. The average Bonchev–Trinajstić information content (AvgIpc) is 1.61. The second-order valence-electron chi connectivity index (χ2n) is 0.720. The highest BCUT2D eigenvalue weighted by atomic mass is 79.9. The van der Waals surface area contributed by atoms with Crippen LogP contribution in [0.5, 0.6) is 0 Å². The second-order valence-corrected chi connectivity index (χ2v) is 1.99. The van der Waals surface area contributed by atoms with Gasteiger partial charge in [-0.25, -0.2) is 0 Å². The Morgan fingerprint density at radius 2 is 2.50 bits per heavy atom. The van der Waals surface area contributed by atoms with E-state index in [1.165, 1.54) is 0 Å². The summed E-state index contributed by atoms with van der Waals surface area (Å²) in [5.41, 5.74) is 0.647. The van der Waals surface area contributed by atoms with Crippen molar-refractivity contribution < 1.29 is 4.74 Å². The van der Waals surface area contributed by atoms with Crippen LogP contribution in [0.2, 0.25) is 0 Å². The highest BCUT2D eigenvalue weighted by Crippen LogP contribution is 1.92. The summed E-state index contributed by atoms with van der Waals surface area (Å²) >= 11 is 4.79. The normalized spacial score (nSPS) is 9.00. The van der Waals surface area contributed by atoms with Gasteiger partial charge >= 0.3 is 0 Å². The first-order valence-corrected chi connectivity index (χ1v) is 4.06. The zero-order valence-electron chi connectivity index (χ0n) is 3.61. The maximum Gasteiger partial charge on any atom is 0.103 e. The molecule has 0 saturated carbocycles. The molecule has 0 aliphatic heterocycles. The van der Waals surface area contributed by atoms with Crippen LogP contribution in [0.1, 0.15) is 0 Å². The summed E-state index contributed by atoms with van der Waals surface area (Å²) in [7, 11) is 0. The van der Waals surface area contributed by atoms with Gasteiger partial charge in [0.15, 0.2) is 0 Å². The molecule has 6 heavy (non-hydrogen) atoms. The maximum atomic E-state index is 4.86. The van der Waals surface area contributed by atoms with Crippen LogP contribution in [0.4, 0.5) is 0 Å². The van der Waals surface area contributed by atoms with Gasteiger partial charge in [-0.3, -0.25) is 0 Å². The highest BCUT2D eigenvalue weighted by molar-refractivity contribution is 9.09. The number of ether oxygens (including phenoxy) is 1. The van der Waals surface area contributed by atoms with Gasteiger partial charge in [-0.15, -0.1) is 11.8 Å². The van der Waals surface area contributed by atoms with Gasteiger partial charge in [-0.05, 0) is 6.26 Å². The van der Waals surface area contributed by atoms with Crippen LogP contribution in [-0.4, -0.2) is 17.7 Å². The van der Waals surface area contributed by atoms with E-state index in [9.17, 15) is 0 Å². The maximum absolute atomic E-state index is 4.86. The molecular weight excluding hydrogens is 164 g/mol. The summed E-state index contributed by atoms with van der Waals surface area (Å²) < 4.78 is 4.86. The Morgan fingerprint density at radius 3 is 2.67 bits per heavy atom. The smallest absolute Gasteiger partial charge is 0.103 e. The van der Waals surface area contributed by atoms with Crippen molar-refractivity contribution >= 4 is 27.7 Å². The fraction of sp³-hybridized carbons (Fsp3) is 1.00. The summed E-state index contributed by atoms with van der Waals surface area (Å²) in [5.74, 6) is 0.783. The SMILES string of the molecule is CSCOCBr. The van der Waals surface area contributed by atoms with Crippen molar-refractivity contribution in [3.63, 3.8) is 0 Å². The van der Waals surface area contributed by atoms with Gasteiger partial charge in [-0.2, -0.15) is 0 Å². The Morgan fingerprint density at radius 1 is 1.83 bits per heavy atom. The molecule has 0 spiro atoms. The van der Waals surface area contributed by atoms with Gasteiger partial charge in [0.2, 0.25) is 0 Å². The van der Waals surface area contributed by atoms with Crippen LogP contribution in [0.15, 0.2) is 0 Å². The fourth-order valence-electron chi connectivity index (χ4n) is 0.115. The van der Waals surface area contributed by atoms with Gasteiger partial charge in [0.05, 0.1) is 5.94 Å². The van der Waals surface area contributed by atoms with E-state index in [1.807, 2.05) is 6.26 Å². The highest BCUT2D eigenvalue weighted by Gasteiger charge is 1.73. The van der Waals surface area contributed by atoms with E-state index in [2.05, 4.69) is 15.9 Å². The predicted octanol–water partition coefficient (Wildman–Crippen LogP) is 1.68. The quantitative estimate of drug-likeness (QED) is 0.363. The van der Waals surface area contributed by atoms with Gasteiger partial charge in [-0.1, -0.05) is 15.9 Å². The standard InChI is InChI=1S/C3H7BrOS/c1-6-3-5-2-4/h2-3H2,1H3. The van der Waals surface area contributed by atoms with E-state index in [4.69, 9.17) is 4.74 Å². The summed E-state index contributed by atoms with van der Waals surface area (Å²) in [6, 6.07) is 0. The number of rotatable bonds is 3. The van der Waals surface area contributed by atoms with E-state index in [0.29, 0.717) is 5.52 Å². The summed E-state index contributed by atoms with van der Waals surface area (Å²) in [4.78, 5) is 0. The Balaban J connectivity index is 2.34. The third-order valence-electron chi connectivity index (χ3n) is 0.278. The first-order valence-electron chi connectivity index (χ1n) is 1.54. The third kappa shape index (κ3) is 4.79. The van der Waals surface area contributed by atoms with Crippen molar-refractivity contribution in [2.75, 3.05) is 17.7 Å². The zero-order chi connectivity index (χ0) is 4.83. The lowest BCUT2D eigenvalue weighted by atomic mass is 11.5. The van der Waals surface area contributed by atoms with Crippen molar-refractivity contribution in [3.8, 4) is 0 Å². The molecule has 38 valence electrons. The molecule has 0 aromatic heterocycles. The number of hydrogen-bond donors (Lipinski definition) is 0. The predicted molar refractivity (Wildman–Crippen MR) is 33.3 cm³/mol. The van der Waals surface area contributed by atoms with Crippen molar-refractivity contribution in [2.24, 2.45) is 0 Å². The number of hydrogen-bond acceptors (Lipinski definition) is 2. The van der Waals surface area contributed by atoms with E-state index in [-0.39, 0.29) is 0 Å². The molecule has 0 aliphatic rings. The van der Waals surface area contributed by atoms with Crippen LogP contribution in [-0.2, 0) is 4.74 Å². The molecule has 0 amide bonds. The monoisotopic (exact) mass is 170 g/mol. The molecular formula is C3H7BrOS. The molecule has 0 unspecified atom stereocenters. The lowest BCUT2D eigenvalue weighted by molar-refractivity contribution is 0.245. The van der Waals surface area contributed by atoms with Crippen LogP contribution in [0.3, 0.4) is 0 Å². The van der Waals surface area contributed by atoms with E-state index >= 15 is 0 Å². The third-order valence-corrected chi connectivity index (χ3v) is 1.00. The Bertz CT molecular complexity index is 22.8. The van der Waals surface area contributed by atoms with Crippen molar-refractivity contribution in [1.29, 1.82) is 0 Å². The molecule has 0 bridgehead atoms. The molecule has 0 saturated heterocycles. The Kier molecular flexibility index (Phi) is 6.55. The minimum absolute atomic E-state index is 0.647. The summed E-state index contributed by atoms with van der Waals surface area (Å²) in [6.07, 6.45) is 2.00. The molecule has 0 atom stereocenters. The first-order chi connectivity index (χ1) is 2.91. The fourth-order valence-corrected chi connectivity index (χ4v) is 0.741.